The molecule has 0 saturated heterocycles. The molecule has 1 aliphatic carbocycles. The van der Waals surface area contributed by atoms with E-state index >= 15 is 0 Å². The summed E-state index contributed by atoms with van der Waals surface area (Å²) >= 11 is 1.39. The van der Waals surface area contributed by atoms with Crippen LogP contribution >= 0.6 is 11.3 Å². The third kappa shape index (κ3) is 4.86. The molecule has 1 aliphatic rings. The molecule has 2 N–H and O–H groups in total. The number of H-pyrrole nitrogens is 1. The smallest absolute Gasteiger partial charge is 0.341 e. The maximum absolute atomic E-state index is 13.2. The zero-order valence-corrected chi connectivity index (χ0v) is 21.4. The summed E-state index contributed by atoms with van der Waals surface area (Å²) in [4.78, 5) is 47.9. The number of para-hydroxylation sites is 2. The van der Waals surface area contributed by atoms with Crippen LogP contribution in [-0.4, -0.2) is 41.0 Å². The number of ether oxygens (including phenoxy) is 2. The molecule has 190 valence electrons. The Labute approximate surface area is 218 Å². The lowest BCUT2D eigenvalue weighted by atomic mass is 9.95. The van der Waals surface area contributed by atoms with Gasteiger partial charge in [0.15, 0.2) is 6.10 Å². The number of esters is 2. The van der Waals surface area contributed by atoms with Crippen molar-refractivity contribution in [2.24, 2.45) is 0 Å². The topological polar surface area (TPSA) is 110 Å². The number of anilines is 1. The van der Waals surface area contributed by atoms with E-state index in [4.69, 9.17) is 9.47 Å². The lowest BCUT2D eigenvalue weighted by Crippen LogP contribution is -2.32. The Morgan fingerprint density at radius 2 is 1.81 bits per heavy atom. The van der Waals surface area contributed by atoms with Crippen molar-refractivity contribution in [3.63, 3.8) is 0 Å². The lowest BCUT2D eigenvalue weighted by molar-refractivity contribution is -0.124. The maximum Gasteiger partial charge on any atom is 0.341 e. The summed E-state index contributed by atoms with van der Waals surface area (Å²) in [6, 6.07) is 14.6. The molecule has 5 rings (SSSR count). The van der Waals surface area contributed by atoms with E-state index in [2.05, 4.69) is 15.3 Å². The van der Waals surface area contributed by atoms with Gasteiger partial charge in [0.2, 0.25) is 0 Å². The Morgan fingerprint density at radius 1 is 1.05 bits per heavy atom. The van der Waals surface area contributed by atoms with Gasteiger partial charge < -0.3 is 19.8 Å². The number of carbonyl (C=O) groups excluding carboxylic acids is 3. The van der Waals surface area contributed by atoms with Crippen LogP contribution in [0.3, 0.4) is 0 Å². The van der Waals surface area contributed by atoms with Crippen LogP contribution in [0.2, 0.25) is 0 Å². The van der Waals surface area contributed by atoms with E-state index in [0.29, 0.717) is 27.5 Å². The Bertz CT molecular complexity index is 1460. The van der Waals surface area contributed by atoms with Crippen molar-refractivity contribution in [2.45, 2.75) is 45.1 Å². The molecule has 0 fully saturated rings. The van der Waals surface area contributed by atoms with Crippen molar-refractivity contribution in [3.05, 3.63) is 70.1 Å². The number of hydrogen-bond acceptors (Lipinski definition) is 7. The van der Waals surface area contributed by atoms with Gasteiger partial charge in [0.05, 0.1) is 29.3 Å². The highest BCUT2D eigenvalue weighted by Gasteiger charge is 2.30. The molecule has 9 heteroatoms. The zero-order valence-electron chi connectivity index (χ0n) is 20.6. The average molecular weight is 518 g/mol. The summed E-state index contributed by atoms with van der Waals surface area (Å²) < 4.78 is 10.7. The number of thiophene rings is 1. The van der Waals surface area contributed by atoms with E-state index in [0.717, 1.165) is 47.2 Å². The fraction of sp³-hybridized carbons (Fsp3) is 0.286. The number of aromatic nitrogens is 2. The van der Waals surface area contributed by atoms with Crippen LogP contribution in [0.1, 0.15) is 57.3 Å². The van der Waals surface area contributed by atoms with Gasteiger partial charge in [-0.1, -0.05) is 37.3 Å². The maximum atomic E-state index is 13.2. The molecule has 0 bridgehead atoms. The van der Waals surface area contributed by atoms with Crippen LogP contribution in [0, 0.1) is 0 Å². The molecule has 0 spiro atoms. The molecule has 2 aromatic heterocycles. The molecule has 1 atom stereocenters. The highest BCUT2D eigenvalue weighted by atomic mass is 32.1. The van der Waals surface area contributed by atoms with Gasteiger partial charge in [-0.05, 0) is 55.9 Å². The van der Waals surface area contributed by atoms with Crippen LogP contribution in [0.15, 0.2) is 48.5 Å². The first-order chi connectivity index (χ1) is 18.0. The second kappa shape index (κ2) is 10.6. The van der Waals surface area contributed by atoms with Crippen LogP contribution < -0.4 is 5.32 Å². The van der Waals surface area contributed by atoms with Crippen molar-refractivity contribution in [2.75, 3.05) is 12.4 Å². The van der Waals surface area contributed by atoms with Crippen LogP contribution in [0.25, 0.3) is 22.4 Å². The fourth-order valence-corrected chi connectivity index (χ4v) is 5.91. The quantitative estimate of drug-likeness (QED) is 0.312. The van der Waals surface area contributed by atoms with Gasteiger partial charge in [-0.3, -0.25) is 4.79 Å². The van der Waals surface area contributed by atoms with E-state index in [1.807, 2.05) is 30.3 Å². The number of aryl methyl sites for hydroxylation is 1. The number of aromatic amines is 1. The normalized spacial score (nSPS) is 13.6. The van der Waals surface area contributed by atoms with Gasteiger partial charge in [-0.2, -0.15) is 0 Å². The minimum Gasteiger partial charge on any atom is -0.465 e. The number of carbonyl (C=O) groups is 3. The van der Waals surface area contributed by atoms with Gasteiger partial charge in [-0.15, -0.1) is 11.3 Å². The van der Waals surface area contributed by atoms with Crippen molar-refractivity contribution in [1.82, 2.24) is 9.97 Å². The summed E-state index contributed by atoms with van der Waals surface area (Å²) in [7, 11) is 1.33. The fourth-order valence-electron chi connectivity index (χ4n) is 4.63. The minimum atomic E-state index is -1.04. The van der Waals surface area contributed by atoms with E-state index < -0.39 is 23.9 Å². The molecule has 0 radical (unpaired) electrons. The molecule has 1 amide bonds. The molecule has 0 saturated carbocycles. The van der Waals surface area contributed by atoms with Gasteiger partial charge in [0.25, 0.3) is 5.91 Å². The first kappa shape index (κ1) is 24.7. The Balaban J connectivity index is 1.37. The van der Waals surface area contributed by atoms with Crippen molar-refractivity contribution in [3.8, 4) is 11.4 Å². The molecule has 37 heavy (non-hydrogen) atoms. The average Bonchev–Trinajstić information content (AvgIpc) is 3.52. The number of rotatable bonds is 7. The van der Waals surface area contributed by atoms with Gasteiger partial charge in [-0.25, -0.2) is 14.6 Å². The van der Waals surface area contributed by atoms with E-state index in [-0.39, 0.29) is 6.42 Å². The second-order valence-electron chi connectivity index (χ2n) is 8.85. The second-order valence-corrected chi connectivity index (χ2v) is 9.95. The first-order valence-electron chi connectivity index (χ1n) is 12.3. The standard InChI is InChI=1S/C28H27N3O5S/c1-3-21(25(32)31-26-23(28(34)35-2)18-12-6-9-15-22(18)37-26)36-27(33)17-11-5-4-10-16(17)24-29-19-13-7-8-14-20(19)30-24/h4-5,7-8,10-11,13-14,21H,3,6,9,12,15H2,1-2H3,(H,29,30)(H,31,32). The van der Waals surface area contributed by atoms with E-state index in [9.17, 15) is 14.4 Å². The summed E-state index contributed by atoms with van der Waals surface area (Å²) in [5.41, 5.74) is 3.88. The predicted molar refractivity (Wildman–Crippen MR) is 142 cm³/mol. The Hall–Kier alpha value is -3.98. The molecule has 4 aromatic rings. The van der Waals surface area contributed by atoms with Gasteiger partial charge in [0.1, 0.15) is 10.8 Å². The Kier molecular flexibility index (Phi) is 7.05. The lowest BCUT2D eigenvalue weighted by Gasteiger charge is -2.17. The zero-order chi connectivity index (χ0) is 25.9. The van der Waals surface area contributed by atoms with E-state index in [1.165, 1.54) is 18.4 Å². The molecular weight excluding hydrogens is 490 g/mol. The number of nitrogens with one attached hydrogen (secondary N) is 2. The van der Waals surface area contributed by atoms with Gasteiger partial charge >= 0.3 is 11.9 Å². The van der Waals surface area contributed by atoms with Gasteiger partial charge in [0, 0.05) is 10.4 Å². The third-order valence-corrected chi connectivity index (χ3v) is 7.71. The van der Waals surface area contributed by atoms with Crippen molar-refractivity contribution < 1.29 is 23.9 Å². The van der Waals surface area contributed by atoms with Crippen LogP contribution in [0.5, 0.6) is 0 Å². The number of hydrogen-bond donors (Lipinski definition) is 2. The van der Waals surface area contributed by atoms with Crippen molar-refractivity contribution >= 4 is 45.2 Å². The minimum absolute atomic E-state index is 0.267. The number of benzene rings is 2. The van der Waals surface area contributed by atoms with E-state index in [1.54, 1.807) is 25.1 Å². The molecule has 2 heterocycles. The number of methoxy groups -OCH3 is 1. The number of fused-ring (bicyclic) bond motifs is 2. The molecule has 1 unspecified atom stereocenters. The number of amides is 1. The Morgan fingerprint density at radius 3 is 2.59 bits per heavy atom. The summed E-state index contributed by atoms with van der Waals surface area (Å²) in [6.07, 6.45) is 2.90. The third-order valence-electron chi connectivity index (χ3n) is 6.50. The first-order valence-corrected chi connectivity index (χ1v) is 13.1. The van der Waals surface area contributed by atoms with Crippen molar-refractivity contribution in [1.29, 1.82) is 0 Å². The highest BCUT2D eigenvalue weighted by molar-refractivity contribution is 7.17. The monoisotopic (exact) mass is 517 g/mol. The molecule has 2 aromatic carbocycles. The molecule has 0 aliphatic heterocycles. The predicted octanol–water partition coefficient (Wildman–Crippen LogP) is 5.53. The summed E-state index contributed by atoms with van der Waals surface area (Å²) in [5, 5.41) is 3.28. The number of imidazole rings is 1. The molecule has 8 nitrogen and oxygen atoms in total. The molecular formula is C28H27N3O5S. The summed E-state index contributed by atoms with van der Waals surface area (Å²) in [5.74, 6) is -1.05. The number of nitrogens with zero attached hydrogens (tertiary/aromatic N) is 1. The summed E-state index contributed by atoms with van der Waals surface area (Å²) in [6.45, 7) is 1.77. The SMILES string of the molecule is CCC(OC(=O)c1ccccc1-c1nc2ccccc2[nH]1)C(=O)Nc1sc2c(c1C(=O)OC)CCCC2. The van der Waals surface area contributed by atoms with Crippen LogP contribution in [-0.2, 0) is 27.1 Å². The largest absolute Gasteiger partial charge is 0.465 e. The van der Waals surface area contributed by atoms with Crippen LogP contribution in [0.4, 0.5) is 5.00 Å². The highest BCUT2D eigenvalue weighted by Crippen LogP contribution is 2.38.